The third kappa shape index (κ3) is 3.22. The summed E-state index contributed by atoms with van der Waals surface area (Å²) in [6, 6.07) is 8.06. The van der Waals surface area contributed by atoms with Crippen LogP contribution in [0.3, 0.4) is 0 Å². The largest absolute Gasteiger partial charge is 0.491 e. The van der Waals surface area contributed by atoms with E-state index in [1.165, 1.54) is 0 Å². The molecule has 2 heterocycles. The van der Waals surface area contributed by atoms with Gasteiger partial charge >= 0.3 is 0 Å². The Kier molecular flexibility index (Phi) is 4.72. The molecule has 1 N–H and O–H groups in total. The molecule has 3 rings (SSSR count). The van der Waals surface area contributed by atoms with Crippen LogP contribution in [0.2, 0.25) is 0 Å². The van der Waals surface area contributed by atoms with Gasteiger partial charge in [-0.15, -0.1) is 0 Å². The number of hydrogen-bond donors (Lipinski definition) is 1. The summed E-state index contributed by atoms with van der Waals surface area (Å²) in [5.41, 5.74) is 3.71. The van der Waals surface area contributed by atoms with Crippen molar-refractivity contribution < 1.29 is 4.74 Å². The fourth-order valence-electron chi connectivity index (χ4n) is 2.91. The summed E-state index contributed by atoms with van der Waals surface area (Å²) in [7, 11) is 4.04. The van der Waals surface area contributed by atoms with Gasteiger partial charge in [-0.1, -0.05) is 19.1 Å². The van der Waals surface area contributed by atoms with Crippen molar-refractivity contribution >= 4 is 5.69 Å². The zero-order valence-electron chi connectivity index (χ0n) is 14.3. The van der Waals surface area contributed by atoms with Crippen LogP contribution in [0, 0.1) is 12.1 Å². The maximum absolute atomic E-state index is 12.0. The van der Waals surface area contributed by atoms with Crippen molar-refractivity contribution in [1.29, 1.82) is 0 Å². The Morgan fingerprint density at radius 2 is 2.25 bits per heavy atom. The van der Waals surface area contributed by atoms with Crippen LogP contribution in [0.5, 0.6) is 5.75 Å². The first kappa shape index (κ1) is 16.3. The summed E-state index contributed by atoms with van der Waals surface area (Å²) in [4.78, 5) is 16.2. The highest BCUT2D eigenvalue weighted by atomic mass is 16.5. The predicted octanol–water partition coefficient (Wildman–Crippen LogP) is 1.39. The number of ether oxygens (including phenoxy) is 1. The van der Waals surface area contributed by atoms with Crippen molar-refractivity contribution in [1.82, 2.24) is 15.1 Å². The molecule has 1 aromatic heterocycles. The van der Waals surface area contributed by atoms with Crippen LogP contribution in [0.4, 0.5) is 5.69 Å². The topological polar surface area (TPSA) is 61.5 Å². The molecular formula is C18H22N4O2. The van der Waals surface area contributed by atoms with E-state index in [0.717, 1.165) is 34.7 Å². The van der Waals surface area contributed by atoms with Gasteiger partial charge in [-0.25, -0.2) is 5.10 Å². The average Bonchev–Trinajstić information content (AvgIpc) is 2.99. The molecular weight excluding hydrogens is 304 g/mol. The number of aromatic amines is 1. The van der Waals surface area contributed by atoms with Gasteiger partial charge in [0.2, 0.25) is 0 Å². The Hall–Kier alpha value is -2.52. The van der Waals surface area contributed by atoms with Gasteiger partial charge in [0.05, 0.1) is 18.4 Å². The van der Waals surface area contributed by atoms with Crippen molar-refractivity contribution in [2.45, 2.75) is 26.4 Å². The monoisotopic (exact) mass is 326 g/mol. The van der Waals surface area contributed by atoms with E-state index in [0.29, 0.717) is 26.1 Å². The standard InChI is InChI=1S/C18H22N4O2/c1-4-14-16(10-19-20-18(14)23)22-11-13-6-5-7-17(15(13)12-22)24-9-8-21(2)3/h7,10H,4,8-9,11-12H2,1-3H3,(H,20,23). The first-order chi connectivity index (χ1) is 11.6. The normalized spacial score (nSPS) is 13.1. The number of nitrogens with zero attached hydrogens (tertiary/aromatic N) is 3. The molecule has 1 aliphatic rings. The summed E-state index contributed by atoms with van der Waals surface area (Å²) in [6.45, 7) is 4.84. The molecule has 0 bridgehead atoms. The van der Waals surface area contributed by atoms with Crippen LogP contribution in [-0.2, 0) is 19.5 Å². The van der Waals surface area contributed by atoms with Crippen molar-refractivity contribution in [3.63, 3.8) is 0 Å². The third-order valence-corrected chi connectivity index (χ3v) is 4.21. The molecule has 0 spiro atoms. The molecule has 1 aromatic carbocycles. The number of nitrogens with one attached hydrogen (secondary N) is 1. The number of H-pyrrole nitrogens is 1. The summed E-state index contributed by atoms with van der Waals surface area (Å²) in [5.74, 6) is 0.851. The quantitative estimate of drug-likeness (QED) is 0.869. The van der Waals surface area contributed by atoms with E-state index in [4.69, 9.17) is 4.74 Å². The molecule has 0 saturated carbocycles. The second-order valence-corrected chi connectivity index (χ2v) is 6.16. The minimum absolute atomic E-state index is 0.121. The molecule has 0 radical (unpaired) electrons. The van der Waals surface area contributed by atoms with Gasteiger partial charge in [-0.05, 0) is 20.5 Å². The molecule has 6 heteroatoms. The van der Waals surface area contributed by atoms with Gasteiger partial charge in [-0.2, -0.15) is 5.10 Å². The Morgan fingerprint density at radius 3 is 3.00 bits per heavy atom. The lowest BCUT2D eigenvalue weighted by Gasteiger charge is -2.19. The van der Waals surface area contributed by atoms with Crippen molar-refractivity contribution in [2.75, 3.05) is 32.1 Å². The summed E-state index contributed by atoms with van der Waals surface area (Å²) < 4.78 is 5.92. The molecule has 0 amide bonds. The van der Waals surface area contributed by atoms with E-state index in [2.05, 4.69) is 32.1 Å². The molecule has 2 aromatic rings. The first-order valence-electron chi connectivity index (χ1n) is 8.13. The van der Waals surface area contributed by atoms with Crippen LogP contribution < -0.4 is 15.2 Å². The highest BCUT2D eigenvalue weighted by molar-refractivity contribution is 5.56. The highest BCUT2D eigenvalue weighted by Crippen LogP contribution is 2.33. The van der Waals surface area contributed by atoms with Gasteiger partial charge < -0.3 is 14.5 Å². The minimum atomic E-state index is -0.121. The van der Waals surface area contributed by atoms with Gasteiger partial charge in [0, 0.05) is 35.8 Å². The van der Waals surface area contributed by atoms with Crippen molar-refractivity contribution in [3.8, 4) is 5.75 Å². The Balaban J connectivity index is 1.82. The maximum Gasteiger partial charge on any atom is 0.269 e. The molecule has 0 unspecified atom stereocenters. The average molecular weight is 326 g/mol. The van der Waals surface area contributed by atoms with Crippen LogP contribution in [-0.4, -0.2) is 42.3 Å². The van der Waals surface area contributed by atoms with Gasteiger partial charge in [0.25, 0.3) is 5.56 Å². The van der Waals surface area contributed by atoms with E-state index in [1.54, 1.807) is 6.20 Å². The van der Waals surface area contributed by atoms with Gasteiger partial charge in [0.15, 0.2) is 0 Å². The molecule has 126 valence electrons. The Bertz CT molecular complexity index is 770. The fraction of sp³-hybridized carbons (Fsp3) is 0.444. The van der Waals surface area contributed by atoms with E-state index >= 15 is 0 Å². The Labute approximate surface area is 142 Å². The number of aromatic nitrogens is 2. The summed E-state index contributed by atoms with van der Waals surface area (Å²) in [5, 5.41) is 6.47. The van der Waals surface area contributed by atoms with E-state index in [1.807, 2.05) is 27.1 Å². The zero-order chi connectivity index (χ0) is 17.1. The Morgan fingerprint density at radius 1 is 1.42 bits per heavy atom. The number of fused-ring (bicyclic) bond motifs is 1. The zero-order valence-corrected chi connectivity index (χ0v) is 14.3. The van der Waals surface area contributed by atoms with Gasteiger partial charge in [-0.3, -0.25) is 4.79 Å². The number of likely N-dealkylation sites (N-methyl/N-ethyl adjacent to an activating group) is 1. The first-order valence-corrected chi connectivity index (χ1v) is 8.13. The SMILES string of the molecule is CCc1c(N2Cc3c#ccc(OCCN(C)C)c3C2)cn[nH]c1=O. The third-order valence-electron chi connectivity index (χ3n) is 4.21. The van der Waals surface area contributed by atoms with Crippen LogP contribution in [0.15, 0.2) is 17.1 Å². The van der Waals surface area contributed by atoms with Crippen LogP contribution in [0.25, 0.3) is 0 Å². The number of anilines is 1. The van der Waals surface area contributed by atoms with Gasteiger partial charge in [0.1, 0.15) is 12.4 Å². The molecule has 0 fully saturated rings. The lowest BCUT2D eigenvalue weighted by Crippen LogP contribution is -2.23. The molecule has 0 saturated heterocycles. The highest BCUT2D eigenvalue weighted by Gasteiger charge is 2.25. The minimum Gasteiger partial charge on any atom is -0.491 e. The van der Waals surface area contributed by atoms with E-state index < -0.39 is 0 Å². The molecule has 1 aliphatic heterocycles. The van der Waals surface area contributed by atoms with Crippen LogP contribution in [0.1, 0.15) is 23.6 Å². The fourth-order valence-corrected chi connectivity index (χ4v) is 2.91. The smallest absolute Gasteiger partial charge is 0.269 e. The van der Waals surface area contributed by atoms with E-state index in [9.17, 15) is 4.79 Å². The summed E-state index contributed by atoms with van der Waals surface area (Å²) in [6.07, 6.45) is 2.39. The lowest BCUT2D eigenvalue weighted by molar-refractivity contribution is 0.260. The molecule has 6 nitrogen and oxygen atoms in total. The second kappa shape index (κ2) is 6.93. The molecule has 0 aliphatic carbocycles. The summed E-state index contributed by atoms with van der Waals surface area (Å²) >= 11 is 0. The van der Waals surface area contributed by atoms with Crippen molar-refractivity contribution in [3.05, 3.63) is 51.4 Å². The number of hydrogen-bond acceptors (Lipinski definition) is 5. The second-order valence-electron chi connectivity index (χ2n) is 6.16. The van der Waals surface area contributed by atoms with Crippen molar-refractivity contribution in [2.24, 2.45) is 0 Å². The predicted molar refractivity (Wildman–Crippen MR) is 92.3 cm³/mol. The number of rotatable bonds is 6. The van der Waals surface area contributed by atoms with E-state index in [-0.39, 0.29) is 5.56 Å². The maximum atomic E-state index is 12.0. The molecule has 0 atom stereocenters. The van der Waals surface area contributed by atoms with Crippen LogP contribution >= 0.6 is 0 Å². The lowest BCUT2D eigenvalue weighted by atomic mass is 10.1. The molecule has 24 heavy (non-hydrogen) atoms.